The Bertz CT molecular complexity index is 811. The van der Waals surface area contributed by atoms with Crippen LogP contribution < -0.4 is 10.1 Å². The highest BCUT2D eigenvalue weighted by atomic mass is 16.5. The average Bonchev–Trinajstić information content (AvgIpc) is 3.07. The fraction of sp³-hybridized carbons (Fsp3) is 0.471. The lowest BCUT2D eigenvalue weighted by atomic mass is 9.81. The molecule has 0 atom stereocenters. The predicted octanol–water partition coefficient (Wildman–Crippen LogP) is 1.81. The van der Waals surface area contributed by atoms with Crippen molar-refractivity contribution in [3.05, 3.63) is 24.0 Å². The number of nitrogens with zero attached hydrogens (tertiary/aromatic N) is 4. The number of methoxy groups -OCH3 is 1. The van der Waals surface area contributed by atoms with E-state index in [0.717, 1.165) is 0 Å². The molecule has 0 aliphatic heterocycles. The minimum Gasteiger partial charge on any atom is -0.494 e. The largest absolute Gasteiger partial charge is 0.494 e. The molecule has 3 rings (SSSR count). The van der Waals surface area contributed by atoms with Crippen molar-refractivity contribution in [3.8, 4) is 11.4 Å². The molecule has 1 aliphatic rings. The number of hydrogen-bond acceptors (Lipinski definition) is 6. The highest BCUT2D eigenvalue weighted by Crippen LogP contribution is 2.31. The van der Waals surface area contributed by atoms with Crippen molar-refractivity contribution < 1.29 is 19.4 Å². The van der Waals surface area contributed by atoms with E-state index >= 15 is 0 Å². The van der Waals surface area contributed by atoms with Crippen molar-refractivity contribution >= 4 is 17.6 Å². The Labute approximate surface area is 150 Å². The summed E-state index contributed by atoms with van der Waals surface area (Å²) in [6.45, 7) is 1.77. The minimum atomic E-state index is -0.777. The molecule has 2 aromatic rings. The molecule has 1 aromatic carbocycles. The van der Waals surface area contributed by atoms with Gasteiger partial charge in [-0.1, -0.05) is 0 Å². The van der Waals surface area contributed by atoms with Crippen LogP contribution in [0.4, 0.5) is 5.69 Å². The van der Waals surface area contributed by atoms with Gasteiger partial charge in [-0.05, 0) is 61.2 Å². The molecule has 0 saturated heterocycles. The third-order valence-electron chi connectivity index (χ3n) is 4.75. The van der Waals surface area contributed by atoms with Gasteiger partial charge in [0.1, 0.15) is 11.4 Å². The first-order chi connectivity index (χ1) is 12.5. The van der Waals surface area contributed by atoms with E-state index in [2.05, 4.69) is 20.8 Å². The summed E-state index contributed by atoms with van der Waals surface area (Å²) in [5.74, 6) is -0.210. The number of rotatable bonds is 5. The van der Waals surface area contributed by atoms with E-state index in [9.17, 15) is 9.59 Å². The maximum absolute atomic E-state index is 12.5. The molecule has 138 valence electrons. The van der Waals surface area contributed by atoms with Crippen LogP contribution in [0, 0.1) is 18.8 Å². The Balaban J connectivity index is 1.73. The van der Waals surface area contributed by atoms with Crippen LogP contribution in [0.3, 0.4) is 0 Å². The lowest BCUT2D eigenvalue weighted by molar-refractivity contribution is -0.143. The number of carbonyl (C=O) groups excluding carboxylic acids is 1. The van der Waals surface area contributed by atoms with E-state index in [1.807, 2.05) is 0 Å². The molecule has 0 unspecified atom stereocenters. The van der Waals surface area contributed by atoms with Gasteiger partial charge in [-0.2, -0.15) is 4.68 Å². The monoisotopic (exact) mass is 359 g/mol. The molecule has 0 bridgehead atoms. The fourth-order valence-electron chi connectivity index (χ4n) is 3.23. The molecule has 1 aromatic heterocycles. The maximum atomic E-state index is 12.5. The summed E-state index contributed by atoms with van der Waals surface area (Å²) in [5.41, 5.74) is 1.24. The zero-order chi connectivity index (χ0) is 18.7. The number of hydrogen-bond donors (Lipinski definition) is 2. The first kappa shape index (κ1) is 17.8. The number of benzene rings is 1. The van der Waals surface area contributed by atoms with E-state index in [0.29, 0.717) is 48.6 Å². The number of nitrogens with one attached hydrogen (secondary N) is 1. The van der Waals surface area contributed by atoms with Crippen molar-refractivity contribution in [1.82, 2.24) is 20.2 Å². The molecule has 1 saturated carbocycles. The number of aliphatic carboxylic acids is 1. The first-order valence-electron chi connectivity index (χ1n) is 8.46. The van der Waals surface area contributed by atoms with Gasteiger partial charge in [-0.25, -0.2) is 0 Å². The molecular formula is C17H21N5O4. The molecule has 1 amide bonds. The molecule has 26 heavy (non-hydrogen) atoms. The average molecular weight is 359 g/mol. The number of carboxylic acids is 1. The number of anilines is 1. The summed E-state index contributed by atoms with van der Waals surface area (Å²) in [4.78, 5) is 23.6. The third-order valence-corrected chi connectivity index (χ3v) is 4.75. The molecular weight excluding hydrogens is 338 g/mol. The normalized spacial score (nSPS) is 19.8. The van der Waals surface area contributed by atoms with Crippen LogP contribution in [0.5, 0.6) is 5.75 Å². The third kappa shape index (κ3) is 3.66. The summed E-state index contributed by atoms with van der Waals surface area (Å²) in [5, 5.41) is 23.4. The predicted molar refractivity (Wildman–Crippen MR) is 92.2 cm³/mol. The summed E-state index contributed by atoms with van der Waals surface area (Å²) >= 11 is 0. The summed E-state index contributed by atoms with van der Waals surface area (Å²) in [6, 6.07) is 5.25. The topological polar surface area (TPSA) is 119 Å². The highest BCUT2D eigenvalue weighted by Gasteiger charge is 2.29. The van der Waals surface area contributed by atoms with Crippen molar-refractivity contribution in [2.24, 2.45) is 11.8 Å². The van der Waals surface area contributed by atoms with Crippen LogP contribution in [0.1, 0.15) is 31.5 Å². The van der Waals surface area contributed by atoms with Gasteiger partial charge in [0, 0.05) is 11.6 Å². The van der Waals surface area contributed by atoms with Crippen molar-refractivity contribution in [2.75, 3.05) is 12.4 Å². The molecule has 9 nitrogen and oxygen atoms in total. The molecule has 0 spiro atoms. The van der Waals surface area contributed by atoms with E-state index in [1.165, 1.54) is 4.68 Å². The minimum absolute atomic E-state index is 0.0987. The second-order valence-corrected chi connectivity index (χ2v) is 6.40. The van der Waals surface area contributed by atoms with Gasteiger partial charge in [0.15, 0.2) is 5.82 Å². The number of ether oxygens (including phenoxy) is 1. The van der Waals surface area contributed by atoms with Crippen molar-refractivity contribution in [1.29, 1.82) is 0 Å². The summed E-state index contributed by atoms with van der Waals surface area (Å²) in [6.07, 6.45) is 2.23. The SMILES string of the molecule is COc1ccc(NC(=O)C2CCC(C(=O)O)CC2)cc1-n1nnnc1C. The maximum Gasteiger partial charge on any atom is 0.306 e. The number of carbonyl (C=O) groups is 2. The molecule has 0 radical (unpaired) electrons. The fourth-order valence-corrected chi connectivity index (χ4v) is 3.23. The van der Waals surface area contributed by atoms with Gasteiger partial charge in [0.05, 0.1) is 13.0 Å². The smallest absolute Gasteiger partial charge is 0.306 e. The van der Waals surface area contributed by atoms with Crippen LogP contribution in [0.15, 0.2) is 18.2 Å². The lowest BCUT2D eigenvalue weighted by Crippen LogP contribution is -2.29. The zero-order valence-electron chi connectivity index (χ0n) is 14.7. The zero-order valence-corrected chi connectivity index (χ0v) is 14.7. The molecule has 9 heteroatoms. The second kappa shape index (κ2) is 7.51. The van der Waals surface area contributed by atoms with Crippen LogP contribution in [0.25, 0.3) is 5.69 Å². The molecule has 1 aliphatic carbocycles. The Morgan fingerprint density at radius 3 is 2.50 bits per heavy atom. The Kier molecular flexibility index (Phi) is 5.15. The Morgan fingerprint density at radius 1 is 1.23 bits per heavy atom. The quantitative estimate of drug-likeness (QED) is 0.835. The van der Waals surface area contributed by atoms with Crippen molar-refractivity contribution in [2.45, 2.75) is 32.6 Å². The Hall–Kier alpha value is -2.97. The number of tetrazole rings is 1. The van der Waals surface area contributed by atoms with E-state index in [4.69, 9.17) is 9.84 Å². The van der Waals surface area contributed by atoms with Gasteiger partial charge < -0.3 is 15.2 Å². The van der Waals surface area contributed by atoms with Crippen LogP contribution in [-0.4, -0.2) is 44.3 Å². The van der Waals surface area contributed by atoms with Crippen molar-refractivity contribution in [3.63, 3.8) is 0 Å². The van der Waals surface area contributed by atoms with Crippen LogP contribution >= 0.6 is 0 Å². The number of aromatic nitrogens is 4. The van der Waals surface area contributed by atoms with Gasteiger partial charge in [0.2, 0.25) is 5.91 Å². The van der Waals surface area contributed by atoms with E-state index < -0.39 is 5.97 Å². The first-order valence-corrected chi connectivity index (χ1v) is 8.46. The molecule has 1 fully saturated rings. The Morgan fingerprint density at radius 2 is 1.92 bits per heavy atom. The van der Waals surface area contributed by atoms with Crippen LogP contribution in [0.2, 0.25) is 0 Å². The van der Waals surface area contributed by atoms with Gasteiger partial charge in [0.25, 0.3) is 0 Å². The number of carboxylic acid groups (broad SMARTS) is 1. The summed E-state index contributed by atoms with van der Waals surface area (Å²) < 4.78 is 6.88. The molecule has 2 N–H and O–H groups in total. The lowest BCUT2D eigenvalue weighted by Gasteiger charge is -2.25. The van der Waals surface area contributed by atoms with Gasteiger partial charge in [-0.3, -0.25) is 9.59 Å². The second-order valence-electron chi connectivity index (χ2n) is 6.40. The van der Waals surface area contributed by atoms with E-state index in [-0.39, 0.29) is 17.7 Å². The highest BCUT2D eigenvalue weighted by molar-refractivity contribution is 5.93. The number of aryl methyl sites for hydroxylation is 1. The van der Waals surface area contributed by atoms with E-state index in [1.54, 1.807) is 32.2 Å². The number of amides is 1. The van der Waals surface area contributed by atoms with Crippen LogP contribution in [-0.2, 0) is 9.59 Å². The standard InChI is InChI=1S/C17H21N5O4/c1-10-19-20-21-22(10)14-9-13(7-8-15(14)26-2)18-16(23)11-3-5-12(6-4-11)17(24)25/h7-9,11-12H,3-6H2,1-2H3,(H,18,23)(H,24,25). The van der Waals surface area contributed by atoms with Gasteiger partial charge in [-0.15, -0.1) is 5.10 Å². The van der Waals surface area contributed by atoms with Gasteiger partial charge >= 0.3 is 5.97 Å². The summed E-state index contributed by atoms with van der Waals surface area (Å²) in [7, 11) is 1.55. The molecule has 1 heterocycles.